The molecule has 0 aromatic carbocycles. The fraction of sp³-hybridized carbons (Fsp3) is 0.688. The lowest BCUT2D eigenvalue weighted by atomic mass is 10.0. The van der Waals surface area contributed by atoms with E-state index < -0.39 is 0 Å². The molecule has 2 rings (SSSR count). The molecule has 1 N–H and O–H groups in total. The van der Waals surface area contributed by atoms with E-state index in [4.69, 9.17) is 0 Å². The second kappa shape index (κ2) is 5.12. The fourth-order valence-corrected chi connectivity index (χ4v) is 2.67. The minimum Gasteiger partial charge on any atom is -0.366 e. The molecule has 0 spiro atoms. The summed E-state index contributed by atoms with van der Waals surface area (Å²) in [4.78, 5) is 6.98. The third kappa shape index (κ3) is 3.69. The van der Waals surface area contributed by atoms with Gasteiger partial charge in [-0.3, -0.25) is 4.98 Å². The maximum atomic E-state index is 4.47. The van der Waals surface area contributed by atoms with E-state index in [0.29, 0.717) is 0 Å². The first-order chi connectivity index (χ1) is 8.78. The van der Waals surface area contributed by atoms with E-state index in [1.165, 1.54) is 18.5 Å². The zero-order valence-electron chi connectivity index (χ0n) is 13.0. The molecule has 1 aromatic rings. The first-order valence-corrected chi connectivity index (χ1v) is 7.26. The van der Waals surface area contributed by atoms with E-state index in [1.54, 1.807) is 0 Å². The molecule has 0 bridgehead atoms. The predicted molar refractivity (Wildman–Crippen MR) is 81.5 cm³/mol. The van der Waals surface area contributed by atoms with Crippen LogP contribution in [0.3, 0.4) is 0 Å². The lowest BCUT2D eigenvalue weighted by molar-refractivity contribution is 0.421. The highest BCUT2D eigenvalue weighted by Gasteiger charge is 2.31. The fourth-order valence-electron chi connectivity index (χ4n) is 2.67. The number of pyridine rings is 1. The van der Waals surface area contributed by atoms with Crippen LogP contribution in [0.15, 0.2) is 18.3 Å². The van der Waals surface area contributed by atoms with Crippen molar-refractivity contribution in [3.63, 3.8) is 0 Å². The average molecular weight is 261 g/mol. The summed E-state index contributed by atoms with van der Waals surface area (Å²) in [5.74, 6) is 0. The number of aromatic nitrogens is 1. The summed E-state index contributed by atoms with van der Waals surface area (Å²) in [6.45, 7) is 13.2. The standard InChI is InChI=1S/C16H27N3/c1-15(2,3)18-12-13-11-14(7-9-17-13)19-10-6-8-16(19,4)5/h7,9,11,18H,6,8,10,12H2,1-5H3. The van der Waals surface area contributed by atoms with Crippen LogP contribution >= 0.6 is 0 Å². The molecule has 1 aromatic heterocycles. The van der Waals surface area contributed by atoms with Crippen LogP contribution in [-0.2, 0) is 6.54 Å². The highest BCUT2D eigenvalue weighted by molar-refractivity contribution is 5.50. The molecule has 0 radical (unpaired) electrons. The van der Waals surface area contributed by atoms with Crippen molar-refractivity contribution in [2.24, 2.45) is 0 Å². The van der Waals surface area contributed by atoms with Gasteiger partial charge in [-0.1, -0.05) is 0 Å². The van der Waals surface area contributed by atoms with Crippen molar-refractivity contribution >= 4 is 5.69 Å². The maximum Gasteiger partial charge on any atom is 0.0562 e. The monoisotopic (exact) mass is 261 g/mol. The number of nitrogens with zero attached hydrogens (tertiary/aromatic N) is 2. The zero-order chi connectivity index (χ0) is 14.1. The van der Waals surface area contributed by atoms with Gasteiger partial charge < -0.3 is 10.2 Å². The van der Waals surface area contributed by atoms with Crippen molar-refractivity contribution in [3.8, 4) is 0 Å². The van der Waals surface area contributed by atoms with Crippen LogP contribution in [0.1, 0.15) is 53.2 Å². The first kappa shape index (κ1) is 14.3. The van der Waals surface area contributed by atoms with Crippen LogP contribution in [0, 0.1) is 0 Å². The SMILES string of the molecule is CC(C)(C)NCc1cc(N2CCCC2(C)C)ccn1. The van der Waals surface area contributed by atoms with Crippen molar-refractivity contribution in [1.29, 1.82) is 0 Å². The van der Waals surface area contributed by atoms with Gasteiger partial charge in [0.05, 0.1) is 5.69 Å². The van der Waals surface area contributed by atoms with Gasteiger partial charge in [0.2, 0.25) is 0 Å². The molecule has 1 aliphatic heterocycles. The molecule has 3 heteroatoms. The topological polar surface area (TPSA) is 28.2 Å². The van der Waals surface area contributed by atoms with E-state index in [0.717, 1.165) is 18.8 Å². The molecular weight excluding hydrogens is 234 g/mol. The highest BCUT2D eigenvalue weighted by Crippen LogP contribution is 2.33. The van der Waals surface area contributed by atoms with Crippen LogP contribution in [0.25, 0.3) is 0 Å². The Morgan fingerprint density at radius 3 is 2.68 bits per heavy atom. The van der Waals surface area contributed by atoms with Crippen LogP contribution in [-0.4, -0.2) is 22.6 Å². The molecule has 0 unspecified atom stereocenters. The predicted octanol–water partition coefficient (Wildman–Crippen LogP) is 3.35. The van der Waals surface area contributed by atoms with E-state index in [9.17, 15) is 0 Å². The maximum absolute atomic E-state index is 4.47. The van der Waals surface area contributed by atoms with Crippen molar-refractivity contribution in [3.05, 3.63) is 24.0 Å². The third-order valence-electron chi connectivity index (χ3n) is 3.81. The summed E-state index contributed by atoms with van der Waals surface area (Å²) in [6.07, 6.45) is 4.49. The molecule has 3 nitrogen and oxygen atoms in total. The normalized spacial score (nSPS) is 18.9. The Morgan fingerprint density at radius 2 is 2.11 bits per heavy atom. The molecule has 0 atom stereocenters. The molecule has 0 saturated carbocycles. The summed E-state index contributed by atoms with van der Waals surface area (Å²) >= 11 is 0. The zero-order valence-corrected chi connectivity index (χ0v) is 13.0. The molecule has 106 valence electrons. The average Bonchev–Trinajstić information content (AvgIpc) is 2.66. The summed E-state index contributed by atoms with van der Waals surface area (Å²) in [5.41, 5.74) is 2.83. The van der Waals surface area contributed by atoms with Crippen LogP contribution in [0.2, 0.25) is 0 Å². The van der Waals surface area contributed by atoms with Gasteiger partial charge in [0.1, 0.15) is 0 Å². The molecule has 0 amide bonds. The van der Waals surface area contributed by atoms with Gasteiger partial charge in [-0.05, 0) is 59.6 Å². The summed E-state index contributed by atoms with van der Waals surface area (Å²) in [7, 11) is 0. The van der Waals surface area contributed by atoms with Crippen molar-refractivity contribution < 1.29 is 0 Å². The second-order valence-electron chi connectivity index (χ2n) is 7.18. The summed E-state index contributed by atoms with van der Waals surface area (Å²) < 4.78 is 0. The quantitative estimate of drug-likeness (QED) is 0.904. The number of nitrogens with one attached hydrogen (secondary N) is 1. The van der Waals surface area contributed by atoms with E-state index >= 15 is 0 Å². The lowest BCUT2D eigenvalue weighted by Crippen LogP contribution is -2.38. The van der Waals surface area contributed by atoms with Crippen LogP contribution < -0.4 is 10.2 Å². The molecule has 1 saturated heterocycles. The Kier molecular flexibility index (Phi) is 3.86. The number of hydrogen-bond acceptors (Lipinski definition) is 3. The number of hydrogen-bond donors (Lipinski definition) is 1. The second-order valence-corrected chi connectivity index (χ2v) is 7.18. The van der Waals surface area contributed by atoms with E-state index in [-0.39, 0.29) is 11.1 Å². The van der Waals surface area contributed by atoms with E-state index in [1.807, 2.05) is 6.20 Å². The number of rotatable bonds is 3. The molecule has 19 heavy (non-hydrogen) atoms. The molecular formula is C16H27N3. The van der Waals surface area contributed by atoms with Crippen molar-refractivity contribution in [1.82, 2.24) is 10.3 Å². The first-order valence-electron chi connectivity index (χ1n) is 7.26. The molecule has 2 heterocycles. The third-order valence-corrected chi connectivity index (χ3v) is 3.81. The van der Waals surface area contributed by atoms with Gasteiger partial charge in [-0.25, -0.2) is 0 Å². The van der Waals surface area contributed by atoms with Crippen LogP contribution in [0.4, 0.5) is 5.69 Å². The molecule has 0 aliphatic carbocycles. The van der Waals surface area contributed by atoms with Gasteiger partial charge in [0.15, 0.2) is 0 Å². The summed E-state index contributed by atoms with van der Waals surface area (Å²) in [6, 6.07) is 4.36. The summed E-state index contributed by atoms with van der Waals surface area (Å²) in [5, 5.41) is 3.50. The van der Waals surface area contributed by atoms with E-state index in [2.05, 4.69) is 62.0 Å². The van der Waals surface area contributed by atoms with Crippen LogP contribution in [0.5, 0.6) is 0 Å². The lowest BCUT2D eigenvalue weighted by Gasteiger charge is -2.34. The van der Waals surface area contributed by atoms with Gasteiger partial charge in [0.25, 0.3) is 0 Å². The minimum atomic E-state index is 0.130. The van der Waals surface area contributed by atoms with Gasteiger partial charge in [-0.2, -0.15) is 0 Å². The Bertz CT molecular complexity index is 432. The Labute approximate surface area is 117 Å². The smallest absolute Gasteiger partial charge is 0.0562 e. The Morgan fingerprint density at radius 1 is 1.37 bits per heavy atom. The van der Waals surface area contributed by atoms with Crippen molar-refractivity contribution in [2.75, 3.05) is 11.4 Å². The molecule has 1 fully saturated rings. The minimum absolute atomic E-state index is 0.130. The molecule has 1 aliphatic rings. The number of anilines is 1. The van der Waals surface area contributed by atoms with Gasteiger partial charge >= 0.3 is 0 Å². The van der Waals surface area contributed by atoms with Gasteiger partial charge in [-0.15, -0.1) is 0 Å². The van der Waals surface area contributed by atoms with Gasteiger partial charge in [0, 0.05) is 36.1 Å². The Balaban J connectivity index is 2.11. The Hall–Kier alpha value is -1.09. The van der Waals surface area contributed by atoms with Crippen molar-refractivity contribution in [2.45, 2.75) is 65.1 Å². The largest absolute Gasteiger partial charge is 0.366 e. The highest BCUT2D eigenvalue weighted by atomic mass is 15.2.